The highest BCUT2D eigenvalue weighted by Crippen LogP contribution is 2.23. The fourth-order valence-corrected chi connectivity index (χ4v) is 1.74. The maximum atomic E-state index is 9.91. The smallest absolute Gasteiger partial charge is 0.108 e. The molecule has 0 saturated heterocycles. The van der Waals surface area contributed by atoms with Crippen LogP contribution < -0.4 is 0 Å². The zero-order valence-corrected chi connectivity index (χ0v) is 10.9. The fourth-order valence-electron chi connectivity index (χ4n) is 1.74. The van der Waals surface area contributed by atoms with Gasteiger partial charge in [-0.25, -0.2) is 4.98 Å². The summed E-state index contributed by atoms with van der Waals surface area (Å²) in [5.41, 5.74) is -0.0137. The van der Waals surface area contributed by atoms with Gasteiger partial charge in [-0.05, 0) is 25.2 Å². The number of aromatic nitrogens is 2. The van der Waals surface area contributed by atoms with Crippen LogP contribution in [0.3, 0.4) is 0 Å². The molecule has 0 spiro atoms. The third-order valence-electron chi connectivity index (χ3n) is 3.02. The molecule has 1 unspecified atom stereocenters. The van der Waals surface area contributed by atoms with Crippen LogP contribution in [-0.4, -0.2) is 20.8 Å². The van der Waals surface area contributed by atoms with E-state index in [-0.39, 0.29) is 11.5 Å². The highest BCUT2D eigenvalue weighted by molar-refractivity contribution is 4.92. The molecule has 3 nitrogen and oxygen atoms in total. The zero-order valence-electron chi connectivity index (χ0n) is 10.9. The van der Waals surface area contributed by atoms with Gasteiger partial charge in [-0.15, -0.1) is 0 Å². The Hall–Kier alpha value is -0.830. The molecule has 0 amide bonds. The largest absolute Gasteiger partial charge is 0.393 e. The first-order valence-electron chi connectivity index (χ1n) is 6.13. The van der Waals surface area contributed by atoms with Crippen LogP contribution in [0.15, 0.2) is 12.4 Å². The van der Waals surface area contributed by atoms with E-state index in [9.17, 15) is 5.11 Å². The first-order valence-corrected chi connectivity index (χ1v) is 6.13. The third kappa shape index (κ3) is 3.63. The average molecular weight is 224 g/mol. The van der Waals surface area contributed by atoms with E-state index in [1.54, 1.807) is 0 Å². The van der Waals surface area contributed by atoms with Gasteiger partial charge >= 0.3 is 0 Å². The van der Waals surface area contributed by atoms with Crippen molar-refractivity contribution in [3.05, 3.63) is 18.2 Å². The molecule has 0 aliphatic carbocycles. The van der Waals surface area contributed by atoms with Crippen LogP contribution in [0.1, 0.15) is 46.4 Å². The number of nitrogens with zero attached hydrogens (tertiary/aromatic N) is 2. The first kappa shape index (κ1) is 13.2. The highest BCUT2D eigenvalue weighted by atomic mass is 16.3. The lowest BCUT2D eigenvalue weighted by atomic mass is 9.86. The van der Waals surface area contributed by atoms with E-state index >= 15 is 0 Å². The Kier molecular flexibility index (Phi) is 4.54. The summed E-state index contributed by atoms with van der Waals surface area (Å²) in [4.78, 5) is 4.33. The average Bonchev–Trinajstić information content (AvgIpc) is 2.63. The van der Waals surface area contributed by atoms with Crippen molar-refractivity contribution in [2.24, 2.45) is 5.41 Å². The van der Waals surface area contributed by atoms with Crippen molar-refractivity contribution in [3.63, 3.8) is 0 Å². The Morgan fingerprint density at radius 3 is 2.69 bits per heavy atom. The summed E-state index contributed by atoms with van der Waals surface area (Å²) in [6, 6.07) is 0. The second kappa shape index (κ2) is 5.48. The van der Waals surface area contributed by atoms with Crippen LogP contribution in [0.4, 0.5) is 0 Å². The van der Waals surface area contributed by atoms with Crippen molar-refractivity contribution in [2.75, 3.05) is 0 Å². The van der Waals surface area contributed by atoms with Crippen LogP contribution in [0.2, 0.25) is 0 Å². The Morgan fingerprint density at radius 2 is 2.12 bits per heavy atom. The molecular formula is C13H24N2O. The topological polar surface area (TPSA) is 38.0 Å². The van der Waals surface area contributed by atoms with Crippen LogP contribution >= 0.6 is 0 Å². The van der Waals surface area contributed by atoms with Gasteiger partial charge in [0.25, 0.3) is 0 Å². The molecule has 0 fully saturated rings. The molecule has 92 valence electrons. The second-order valence-electron chi connectivity index (χ2n) is 5.40. The molecule has 0 bridgehead atoms. The van der Waals surface area contributed by atoms with E-state index in [0.29, 0.717) is 0 Å². The van der Waals surface area contributed by atoms with E-state index < -0.39 is 0 Å². The Balaban J connectivity index is 2.36. The Morgan fingerprint density at radius 1 is 1.44 bits per heavy atom. The van der Waals surface area contributed by atoms with Crippen molar-refractivity contribution in [2.45, 2.75) is 59.6 Å². The van der Waals surface area contributed by atoms with E-state index in [4.69, 9.17) is 0 Å². The molecule has 16 heavy (non-hydrogen) atoms. The summed E-state index contributed by atoms with van der Waals surface area (Å²) in [6.07, 6.45) is 6.43. The van der Waals surface area contributed by atoms with E-state index in [1.807, 2.05) is 12.4 Å². The normalized spacial score (nSPS) is 14.1. The van der Waals surface area contributed by atoms with Crippen LogP contribution in [0, 0.1) is 5.41 Å². The van der Waals surface area contributed by atoms with Crippen molar-refractivity contribution < 1.29 is 5.11 Å². The van der Waals surface area contributed by atoms with Gasteiger partial charge in [0, 0.05) is 25.4 Å². The van der Waals surface area contributed by atoms with Crippen LogP contribution in [0.5, 0.6) is 0 Å². The quantitative estimate of drug-likeness (QED) is 0.835. The van der Waals surface area contributed by atoms with E-state index in [2.05, 4.69) is 37.2 Å². The van der Waals surface area contributed by atoms with Crippen molar-refractivity contribution >= 4 is 0 Å². The summed E-state index contributed by atoms with van der Waals surface area (Å²) in [5, 5.41) is 9.91. The molecule has 1 aromatic heterocycles. The SMILES string of the molecule is CCn1ccnc1CCCC(O)C(C)(C)C. The molecule has 1 atom stereocenters. The minimum Gasteiger partial charge on any atom is -0.393 e. The predicted octanol–water partition coefficient (Wildman–Crippen LogP) is 2.63. The molecule has 0 radical (unpaired) electrons. The minimum absolute atomic E-state index is 0.0137. The number of aliphatic hydroxyl groups is 1. The number of aliphatic hydroxyl groups excluding tert-OH is 1. The molecular weight excluding hydrogens is 200 g/mol. The lowest BCUT2D eigenvalue weighted by molar-refractivity contribution is 0.0539. The van der Waals surface area contributed by atoms with Crippen molar-refractivity contribution in [1.29, 1.82) is 0 Å². The standard InChI is InChI=1S/C13H24N2O/c1-5-15-10-9-14-12(15)8-6-7-11(16)13(2,3)4/h9-11,16H,5-8H2,1-4H3. The van der Waals surface area contributed by atoms with Crippen molar-refractivity contribution in [1.82, 2.24) is 9.55 Å². The molecule has 0 aromatic carbocycles. The number of rotatable bonds is 5. The van der Waals surface area contributed by atoms with Gasteiger partial charge in [0.05, 0.1) is 6.10 Å². The lowest BCUT2D eigenvalue weighted by Crippen LogP contribution is -2.25. The molecule has 0 aliphatic heterocycles. The summed E-state index contributed by atoms with van der Waals surface area (Å²) in [5.74, 6) is 1.13. The molecule has 1 aromatic rings. The number of hydrogen-bond donors (Lipinski definition) is 1. The van der Waals surface area contributed by atoms with Gasteiger partial charge in [-0.1, -0.05) is 20.8 Å². The molecule has 1 heterocycles. The maximum Gasteiger partial charge on any atom is 0.108 e. The van der Waals surface area contributed by atoms with Gasteiger partial charge in [0.1, 0.15) is 5.82 Å². The van der Waals surface area contributed by atoms with E-state index in [1.165, 1.54) is 0 Å². The number of aryl methyl sites for hydroxylation is 2. The van der Waals surface area contributed by atoms with Crippen LogP contribution in [-0.2, 0) is 13.0 Å². The van der Waals surface area contributed by atoms with Gasteiger partial charge in [0.2, 0.25) is 0 Å². The summed E-state index contributed by atoms with van der Waals surface area (Å²) >= 11 is 0. The van der Waals surface area contributed by atoms with Crippen molar-refractivity contribution in [3.8, 4) is 0 Å². The minimum atomic E-state index is -0.225. The monoisotopic (exact) mass is 224 g/mol. The summed E-state index contributed by atoms with van der Waals surface area (Å²) in [7, 11) is 0. The molecule has 0 saturated carbocycles. The summed E-state index contributed by atoms with van der Waals surface area (Å²) in [6.45, 7) is 9.31. The second-order valence-corrected chi connectivity index (χ2v) is 5.40. The van der Waals surface area contributed by atoms with Gasteiger partial charge in [-0.2, -0.15) is 0 Å². The maximum absolute atomic E-state index is 9.91. The van der Waals surface area contributed by atoms with Gasteiger partial charge < -0.3 is 9.67 Å². The number of imidazole rings is 1. The highest BCUT2D eigenvalue weighted by Gasteiger charge is 2.21. The molecule has 3 heteroatoms. The van der Waals surface area contributed by atoms with Gasteiger partial charge in [0.15, 0.2) is 0 Å². The van der Waals surface area contributed by atoms with Gasteiger partial charge in [-0.3, -0.25) is 0 Å². The Bertz CT molecular complexity index is 312. The lowest BCUT2D eigenvalue weighted by Gasteiger charge is -2.25. The zero-order chi connectivity index (χ0) is 12.2. The first-order chi connectivity index (χ1) is 7.45. The molecule has 1 N–H and O–H groups in total. The van der Waals surface area contributed by atoms with Crippen LogP contribution in [0.25, 0.3) is 0 Å². The predicted molar refractivity (Wildman–Crippen MR) is 66.3 cm³/mol. The van der Waals surface area contributed by atoms with E-state index in [0.717, 1.165) is 31.6 Å². The summed E-state index contributed by atoms with van der Waals surface area (Å²) < 4.78 is 2.16. The number of hydrogen-bond acceptors (Lipinski definition) is 2. The molecule has 0 aliphatic rings. The molecule has 1 rings (SSSR count). The Labute approximate surface area is 98.5 Å². The fraction of sp³-hybridized carbons (Fsp3) is 0.769. The third-order valence-corrected chi connectivity index (χ3v) is 3.02.